The molecule has 1 aliphatic heterocycles. The van der Waals surface area contributed by atoms with Crippen LogP contribution in [0.2, 0.25) is 10.0 Å². The summed E-state index contributed by atoms with van der Waals surface area (Å²) in [5.41, 5.74) is -0.448. The molecule has 0 unspecified atom stereocenters. The van der Waals surface area contributed by atoms with Crippen molar-refractivity contribution in [1.82, 2.24) is 0 Å². The summed E-state index contributed by atoms with van der Waals surface area (Å²) in [7, 11) is 1.27. The van der Waals surface area contributed by atoms with E-state index in [9.17, 15) is 23.1 Å². The van der Waals surface area contributed by atoms with Crippen molar-refractivity contribution in [2.75, 3.05) is 12.0 Å². The van der Waals surface area contributed by atoms with E-state index < -0.39 is 35.4 Å². The van der Waals surface area contributed by atoms with Gasteiger partial charge in [-0.2, -0.15) is 13.2 Å². The van der Waals surface area contributed by atoms with Crippen LogP contribution in [0.5, 0.6) is 17.2 Å². The van der Waals surface area contributed by atoms with Crippen LogP contribution in [0.1, 0.15) is 0 Å². The molecule has 2 aromatic rings. The topological polar surface area (TPSA) is 71.1 Å². The molecule has 0 aromatic heterocycles. The average Bonchev–Trinajstić information content (AvgIpc) is 2.94. The van der Waals surface area contributed by atoms with Crippen LogP contribution in [0.25, 0.3) is 0 Å². The lowest BCUT2D eigenvalue weighted by Crippen LogP contribution is -2.69. The van der Waals surface area contributed by atoms with Crippen LogP contribution in [0.4, 0.5) is 23.7 Å². The van der Waals surface area contributed by atoms with Gasteiger partial charge >= 0.3 is 12.1 Å². The number of nitrogens with zero attached hydrogens (tertiary/aromatic N) is 1. The fourth-order valence-electron chi connectivity index (χ4n) is 2.47. The van der Waals surface area contributed by atoms with Gasteiger partial charge in [0.2, 0.25) is 0 Å². The highest BCUT2D eigenvalue weighted by atomic mass is 35.5. The minimum Gasteiger partial charge on any atom is -0.529 e. The number of alkyl halides is 3. The molecule has 0 saturated heterocycles. The third-order valence-electron chi connectivity index (χ3n) is 3.63. The van der Waals surface area contributed by atoms with Crippen molar-refractivity contribution in [3.05, 3.63) is 46.4 Å². The summed E-state index contributed by atoms with van der Waals surface area (Å²) < 4.78 is 56.7. The van der Waals surface area contributed by atoms with Crippen LogP contribution < -0.4 is 24.2 Å². The van der Waals surface area contributed by atoms with E-state index in [1.807, 2.05) is 0 Å². The van der Waals surface area contributed by atoms with E-state index in [-0.39, 0.29) is 20.7 Å². The van der Waals surface area contributed by atoms with Crippen molar-refractivity contribution in [3.63, 3.8) is 0 Å². The number of anilines is 1. The van der Waals surface area contributed by atoms with Crippen LogP contribution in [0.3, 0.4) is 0 Å². The fraction of sp³-hybridized carbons (Fsp3) is 0.188. The summed E-state index contributed by atoms with van der Waals surface area (Å²) >= 11 is 11.6. The zero-order chi connectivity index (χ0) is 20.0. The lowest BCUT2D eigenvalue weighted by molar-refractivity contribution is -0.319. The third kappa shape index (κ3) is 3.17. The Morgan fingerprint density at radius 2 is 1.70 bits per heavy atom. The molecular weight excluding hydrogens is 414 g/mol. The monoisotopic (exact) mass is 422 g/mol. The van der Waals surface area contributed by atoms with Gasteiger partial charge in [0.25, 0.3) is 0 Å². The number of methoxy groups -OCH3 is 1. The first-order chi connectivity index (χ1) is 12.6. The van der Waals surface area contributed by atoms with Crippen LogP contribution in [-0.4, -0.2) is 25.3 Å². The molecule has 0 aliphatic carbocycles. The van der Waals surface area contributed by atoms with Gasteiger partial charge in [-0.1, -0.05) is 29.3 Å². The van der Waals surface area contributed by atoms with E-state index in [0.29, 0.717) is 0 Å². The van der Waals surface area contributed by atoms with E-state index in [0.717, 1.165) is 24.3 Å². The van der Waals surface area contributed by atoms with Crippen molar-refractivity contribution in [2.24, 2.45) is 0 Å². The minimum atomic E-state index is -5.33. The number of hydrogen-bond acceptors (Lipinski definition) is 5. The van der Waals surface area contributed by atoms with E-state index in [2.05, 4.69) is 0 Å². The number of benzene rings is 2. The smallest absolute Gasteiger partial charge is 0.492 e. The number of halogens is 5. The molecule has 0 fully saturated rings. The average molecular weight is 423 g/mol. The van der Waals surface area contributed by atoms with Crippen LogP contribution >= 0.6 is 23.2 Å². The second kappa shape index (κ2) is 6.58. The lowest BCUT2D eigenvalue weighted by atomic mass is 10.2. The molecule has 0 atom stereocenters. The zero-order valence-electron chi connectivity index (χ0n) is 13.3. The van der Waals surface area contributed by atoms with Gasteiger partial charge in [-0.3, -0.25) is 0 Å². The van der Waals surface area contributed by atoms with Crippen molar-refractivity contribution >= 4 is 35.0 Å². The van der Waals surface area contributed by atoms with E-state index in [1.54, 1.807) is 0 Å². The quantitative estimate of drug-likeness (QED) is 0.751. The molecule has 11 heteroatoms. The molecule has 2 aromatic carbocycles. The molecule has 1 heterocycles. The molecular formula is C16H9Cl2F3NO5-. The summed E-state index contributed by atoms with van der Waals surface area (Å²) in [5, 5.41) is 11.5. The number of fused-ring (bicyclic) bond motifs is 1. The van der Waals surface area contributed by atoms with Crippen LogP contribution in [0, 0.1) is 0 Å². The minimum absolute atomic E-state index is 0.0987. The maximum absolute atomic E-state index is 14.0. The highest BCUT2D eigenvalue weighted by molar-refractivity contribution is 6.42. The summed E-state index contributed by atoms with van der Waals surface area (Å²) in [5.74, 6) is -4.50. The van der Waals surface area contributed by atoms with Gasteiger partial charge in [0.05, 0.1) is 22.8 Å². The lowest BCUT2D eigenvalue weighted by Gasteiger charge is -2.40. The first-order valence-corrected chi connectivity index (χ1v) is 7.93. The summed E-state index contributed by atoms with van der Waals surface area (Å²) in [6, 6.07) is 6.85. The van der Waals surface area contributed by atoms with Gasteiger partial charge in [0.1, 0.15) is 11.8 Å². The highest BCUT2D eigenvalue weighted by Crippen LogP contribution is 2.51. The van der Waals surface area contributed by atoms with Gasteiger partial charge in [0.15, 0.2) is 11.5 Å². The predicted molar refractivity (Wildman–Crippen MR) is 87.4 cm³/mol. The fourth-order valence-corrected chi connectivity index (χ4v) is 2.77. The molecule has 0 saturated carbocycles. The van der Waals surface area contributed by atoms with Crippen LogP contribution in [0.15, 0.2) is 36.4 Å². The number of amides is 1. The Hall–Kier alpha value is -2.52. The molecule has 3 rings (SSSR count). The van der Waals surface area contributed by atoms with Gasteiger partial charge in [-0.25, -0.2) is 4.90 Å². The van der Waals surface area contributed by atoms with Gasteiger partial charge in [-0.15, -0.1) is 0 Å². The molecule has 6 nitrogen and oxygen atoms in total. The standard InChI is InChI=1S/C16H10Cl2F3NO5/c1-25-9-4-2-3-8(5-9)22(14(23)24)16(15(19,20)21)26-12-6-10(17)11(18)7-13(12)27-16/h2-7H,1H3,(H,23,24)/p-1. The second-order valence-electron chi connectivity index (χ2n) is 5.30. The maximum Gasteiger partial charge on any atom is 0.492 e. The van der Waals surface area contributed by atoms with Crippen molar-refractivity contribution in [3.8, 4) is 17.2 Å². The molecule has 1 aliphatic rings. The number of carbonyl (C=O) groups is 1. The van der Waals surface area contributed by atoms with Crippen molar-refractivity contribution in [1.29, 1.82) is 0 Å². The number of carbonyl (C=O) groups excluding carboxylic acids is 1. The normalized spacial score (nSPS) is 14.7. The molecule has 0 radical (unpaired) electrons. The molecule has 1 amide bonds. The summed E-state index contributed by atoms with van der Waals surface area (Å²) in [4.78, 5) is 11.5. The highest BCUT2D eigenvalue weighted by Gasteiger charge is 2.69. The molecule has 144 valence electrons. The largest absolute Gasteiger partial charge is 0.529 e. The Labute approximate surface area is 160 Å². The van der Waals surface area contributed by atoms with Crippen molar-refractivity contribution < 1.29 is 37.3 Å². The van der Waals surface area contributed by atoms with Gasteiger partial charge in [-0.05, 0) is 12.1 Å². The van der Waals surface area contributed by atoms with Gasteiger partial charge in [0, 0.05) is 18.2 Å². The van der Waals surface area contributed by atoms with E-state index in [1.165, 1.54) is 19.2 Å². The summed E-state index contributed by atoms with van der Waals surface area (Å²) in [6.45, 7) is 0. The Morgan fingerprint density at radius 1 is 1.15 bits per heavy atom. The van der Waals surface area contributed by atoms with E-state index >= 15 is 0 Å². The number of carboxylic acid groups (broad SMARTS) is 1. The Kier molecular flexibility index (Phi) is 4.69. The van der Waals surface area contributed by atoms with Crippen LogP contribution in [-0.2, 0) is 0 Å². The van der Waals surface area contributed by atoms with Crippen molar-refractivity contribution in [2.45, 2.75) is 12.1 Å². The number of ether oxygens (including phenoxy) is 3. The maximum atomic E-state index is 14.0. The Bertz CT molecular complexity index is 875. The van der Waals surface area contributed by atoms with Gasteiger partial charge < -0.3 is 24.1 Å². The zero-order valence-corrected chi connectivity index (χ0v) is 14.9. The first-order valence-electron chi connectivity index (χ1n) is 7.18. The second-order valence-corrected chi connectivity index (χ2v) is 6.11. The molecule has 0 spiro atoms. The third-order valence-corrected chi connectivity index (χ3v) is 4.35. The van der Waals surface area contributed by atoms with E-state index in [4.69, 9.17) is 37.4 Å². The SMILES string of the molecule is COc1cccc(N(C(=O)[O-])C2(C(F)(F)F)Oc3cc(Cl)c(Cl)cc3O2)c1. The Balaban J connectivity index is 2.18. The number of rotatable bonds is 3. The first kappa shape index (κ1) is 19.2. The Morgan fingerprint density at radius 3 is 2.15 bits per heavy atom. The predicted octanol–water partition coefficient (Wildman–Crippen LogP) is 3.84. The molecule has 0 bridgehead atoms. The molecule has 27 heavy (non-hydrogen) atoms. The number of hydrogen-bond donors (Lipinski definition) is 0. The molecule has 0 N–H and O–H groups in total. The summed E-state index contributed by atoms with van der Waals surface area (Å²) in [6.07, 6.45) is -7.54.